The highest BCUT2D eigenvalue weighted by Gasteiger charge is 2.45. The Labute approximate surface area is 68.1 Å². The number of piperidine rings is 1. The number of nitrogens with zero attached hydrogens (tertiary/aromatic N) is 1. The smallest absolute Gasteiger partial charge is 0.0984 e. The summed E-state index contributed by atoms with van der Waals surface area (Å²) in [6, 6.07) is 0. The molecular formula is C9H16N2. The van der Waals surface area contributed by atoms with Crippen LogP contribution in [0.1, 0.15) is 20.3 Å². The average molecular weight is 152 g/mol. The fourth-order valence-electron chi connectivity index (χ4n) is 1.96. The second kappa shape index (κ2) is 2.23. The molecule has 2 rings (SSSR count). The summed E-state index contributed by atoms with van der Waals surface area (Å²) in [6.07, 6.45) is 1.43. The fourth-order valence-corrected chi connectivity index (χ4v) is 1.96. The fraction of sp³-hybridized carbons (Fsp3) is 0.889. The van der Waals surface area contributed by atoms with Crippen LogP contribution in [0, 0.1) is 23.2 Å². The van der Waals surface area contributed by atoms with Gasteiger partial charge in [0.25, 0.3) is 0 Å². The van der Waals surface area contributed by atoms with Crippen LogP contribution in [0.25, 0.3) is 0 Å². The zero-order chi connectivity index (χ0) is 8.01. The number of rotatable bonds is 1. The van der Waals surface area contributed by atoms with Gasteiger partial charge in [0.05, 0.1) is 5.84 Å². The molecule has 0 bridgehead atoms. The Morgan fingerprint density at radius 1 is 1.36 bits per heavy atom. The molecule has 1 saturated heterocycles. The summed E-state index contributed by atoms with van der Waals surface area (Å²) in [5.41, 5.74) is 0. The van der Waals surface area contributed by atoms with Gasteiger partial charge in [0.15, 0.2) is 0 Å². The van der Waals surface area contributed by atoms with Gasteiger partial charge in [-0.2, -0.15) is 0 Å². The Morgan fingerprint density at radius 2 is 1.91 bits per heavy atom. The predicted octanol–water partition coefficient (Wildman–Crippen LogP) is 1.57. The lowest BCUT2D eigenvalue weighted by molar-refractivity contribution is 0.435. The molecule has 1 aliphatic carbocycles. The number of fused-ring (bicyclic) bond motifs is 1. The first-order chi connectivity index (χ1) is 5.18. The van der Waals surface area contributed by atoms with E-state index in [9.17, 15) is 0 Å². The topological polar surface area (TPSA) is 27.1 Å². The molecule has 2 fully saturated rings. The molecule has 0 amide bonds. The van der Waals surface area contributed by atoms with Gasteiger partial charge >= 0.3 is 0 Å². The predicted molar refractivity (Wildman–Crippen MR) is 45.7 cm³/mol. The van der Waals surface area contributed by atoms with Crippen molar-refractivity contribution < 1.29 is 0 Å². The minimum atomic E-state index is 0.410. The number of hydrogen-bond acceptors (Lipinski definition) is 1. The molecule has 62 valence electrons. The summed E-state index contributed by atoms with van der Waals surface area (Å²) in [4.78, 5) is 2.25. The van der Waals surface area contributed by atoms with Crippen LogP contribution in [0.3, 0.4) is 0 Å². The van der Waals surface area contributed by atoms with E-state index in [1.54, 1.807) is 0 Å². The highest BCUT2D eigenvalue weighted by Crippen LogP contribution is 2.45. The van der Waals surface area contributed by atoms with Crippen LogP contribution in [0.15, 0.2) is 0 Å². The van der Waals surface area contributed by atoms with Crippen molar-refractivity contribution in [1.29, 1.82) is 5.41 Å². The molecule has 2 unspecified atom stereocenters. The molecule has 0 radical (unpaired) electrons. The normalized spacial score (nSPS) is 34.3. The Morgan fingerprint density at radius 3 is 2.36 bits per heavy atom. The maximum atomic E-state index is 7.78. The van der Waals surface area contributed by atoms with E-state index in [-0.39, 0.29) is 0 Å². The van der Waals surface area contributed by atoms with Gasteiger partial charge in [-0.1, -0.05) is 13.8 Å². The van der Waals surface area contributed by atoms with Crippen molar-refractivity contribution in [3.05, 3.63) is 0 Å². The monoisotopic (exact) mass is 152 g/mol. The van der Waals surface area contributed by atoms with E-state index in [4.69, 9.17) is 5.41 Å². The van der Waals surface area contributed by atoms with Crippen LogP contribution in [0.2, 0.25) is 0 Å². The molecular weight excluding hydrogens is 136 g/mol. The minimum Gasteiger partial charge on any atom is -0.360 e. The van der Waals surface area contributed by atoms with Gasteiger partial charge in [-0.3, -0.25) is 5.41 Å². The van der Waals surface area contributed by atoms with Gasteiger partial charge < -0.3 is 4.90 Å². The summed E-state index contributed by atoms with van der Waals surface area (Å²) < 4.78 is 0. The summed E-state index contributed by atoms with van der Waals surface area (Å²) in [5.74, 6) is 3.16. The van der Waals surface area contributed by atoms with Crippen molar-refractivity contribution in [2.75, 3.05) is 13.1 Å². The second-order valence-electron chi connectivity index (χ2n) is 4.20. The summed E-state index contributed by atoms with van der Waals surface area (Å²) in [5, 5.41) is 7.78. The van der Waals surface area contributed by atoms with Crippen molar-refractivity contribution in [3.63, 3.8) is 0 Å². The molecule has 1 aliphatic heterocycles. The van der Waals surface area contributed by atoms with Crippen LogP contribution in [-0.2, 0) is 0 Å². The Balaban J connectivity index is 1.92. The van der Waals surface area contributed by atoms with Crippen LogP contribution in [0.4, 0.5) is 0 Å². The Kier molecular flexibility index (Phi) is 1.44. The Hall–Kier alpha value is -0.530. The van der Waals surface area contributed by atoms with E-state index < -0.39 is 0 Å². The third-order valence-electron chi connectivity index (χ3n) is 2.87. The van der Waals surface area contributed by atoms with E-state index in [0.29, 0.717) is 5.92 Å². The molecule has 0 aromatic carbocycles. The number of hydrogen-bond donors (Lipinski definition) is 1. The summed E-state index contributed by atoms with van der Waals surface area (Å²) >= 11 is 0. The van der Waals surface area contributed by atoms with E-state index in [0.717, 1.165) is 17.7 Å². The van der Waals surface area contributed by atoms with Gasteiger partial charge in [-0.05, 0) is 18.3 Å². The molecule has 0 spiro atoms. The number of likely N-dealkylation sites (tertiary alicyclic amines) is 1. The van der Waals surface area contributed by atoms with Crippen LogP contribution in [0.5, 0.6) is 0 Å². The van der Waals surface area contributed by atoms with E-state index >= 15 is 0 Å². The van der Waals surface area contributed by atoms with E-state index in [1.807, 2.05) is 0 Å². The van der Waals surface area contributed by atoms with E-state index in [2.05, 4.69) is 18.7 Å². The molecule has 2 aliphatic rings. The molecule has 11 heavy (non-hydrogen) atoms. The summed E-state index contributed by atoms with van der Waals surface area (Å²) in [7, 11) is 0. The zero-order valence-corrected chi connectivity index (χ0v) is 7.30. The minimum absolute atomic E-state index is 0.410. The van der Waals surface area contributed by atoms with Crippen molar-refractivity contribution in [1.82, 2.24) is 4.90 Å². The molecule has 0 aromatic rings. The highest BCUT2D eigenvalue weighted by atomic mass is 15.2. The lowest BCUT2D eigenvalue weighted by Gasteiger charge is -2.23. The third kappa shape index (κ3) is 1.15. The molecule has 0 aromatic heterocycles. The summed E-state index contributed by atoms with van der Waals surface area (Å²) in [6.45, 7) is 6.54. The average Bonchev–Trinajstić information content (AvgIpc) is 2.57. The van der Waals surface area contributed by atoms with Crippen LogP contribution in [-0.4, -0.2) is 23.8 Å². The maximum absolute atomic E-state index is 7.78. The molecule has 2 heteroatoms. The van der Waals surface area contributed by atoms with Gasteiger partial charge in [0.2, 0.25) is 0 Å². The molecule has 1 heterocycles. The maximum Gasteiger partial charge on any atom is 0.0984 e. The lowest BCUT2D eigenvalue weighted by atomic mass is 10.2. The van der Waals surface area contributed by atoms with Crippen molar-refractivity contribution in [2.24, 2.45) is 17.8 Å². The van der Waals surface area contributed by atoms with Gasteiger partial charge in [0.1, 0.15) is 0 Å². The molecule has 1 N–H and O–H groups in total. The van der Waals surface area contributed by atoms with Crippen molar-refractivity contribution >= 4 is 5.84 Å². The van der Waals surface area contributed by atoms with Crippen LogP contribution >= 0.6 is 0 Å². The van der Waals surface area contributed by atoms with Crippen LogP contribution < -0.4 is 0 Å². The van der Waals surface area contributed by atoms with Gasteiger partial charge in [0, 0.05) is 19.0 Å². The largest absolute Gasteiger partial charge is 0.360 e. The first-order valence-corrected chi connectivity index (χ1v) is 4.52. The SMILES string of the molecule is CC(C)C(=N)N1CC2CC2C1. The van der Waals surface area contributed by atoms with Crippen molar-refractivity contribution in [3.8, 4) is 0 Å². The highest BCUT2D eigenvalue weighted by molar-refractivity contribution is 5.81. The Bertz CT molecular complexity index is 176. The zero-order valence-electron chi connectivity index (χ0n) is 7.30. The molecule has 1 saturated carbocycles. The lowest BCUT2D eigenvalue weighted by Crippen LogP contribution is -2.32. The third-order valence-corrected chi connectivity index (χ3v) is 2.87. The van der Waals surface area contributed by atoms with E-state index in [1.165, 1.54) is 19.5 Å². The van der Waals surface area contributed by atoms with Gasteiger partial charge in [-0.15, -0.1) is 0 Å². The first kappa shape index (κ1) is 7.14. The molecule has 2 atom stereocenters. The number of nitrogens with one attached hydrogen (secondary N) is 1. The quantitative estimate of drug-likeness (QED) is 0.448. The second-order valence-corrected chi connectivity index (χ2v) is 4.20. The standard InChI is InChI=1S/C9H16N2/c1-6(2)9(10)11-4-7-3-8(7)5-11/h6-8,10H,3-5H2,1-2H3. The molecule has 2 nitrogen and oxygen atoms in total. The first-order valence-electron chi connectivity index (χ1n) is 4.52. The number of amidine groups is 1. The van der Waals surface area contributed by atoms with Gasteiger partial charge in [-0.25, -0.2) is 0 Å². The van der Waals surface area contributed by atoms with Crippen molar-refractivity contribution in [2.45, 2.75) is 20.3 Å².